The number of fused-ring (bicyclic) bond motifs is 2. The van der Waals surface area contributed by atoms with Crippen LogP contribution in [0.1, 0.15) is 41.6 Å². The first-order valence-corrected chi connectivity index (χ1v) is 11.6. The van der Waals surface area contributed by atoms with E-state index in [2.05, 4.69) is 47.0 Å². The number of aryl methyl sites for hydroxylation is 2. The van der Waals surface area contributed by atoms with E-state index in [1.165, 1.54) is 11.1 Å². The number of piperidine rings is 1. The molecule has 1 atom stereocenters. The van der Waals surface area contributed by atoms with Crippen LogP contribution in [0.5, 0.6) is 5.75 Å². The molecule has 3 aromatic rings. The zero-order valence-corrected chi connectivity index (χ0v) is 18.7. The van der Waals surface area contributed by atoms with E-state index in [4.69, 9.17) is 14.5 Å². The molecule has 1 aromatic heterocycles. The first-order valence-electron chi connectivity index (χ1n) is 11.6. The summed E-state index contributed by atoms with van der Waals surface area (Å²) in [5, 5.41) is 0. The Morgan fingerprint density at radius 1 is 1.00 bits per heavy atom. The minimum absolute atomic E-state index is 0.121. The molecule has 3 heterocycles. The molecule has 1 fully saturated rings. The lowest BCUT2D eigenvalue weighted by Crippen LogP contribution is -2.35. The highest BCUT2D eigenvalue weighted by Gasteiger charge is 2.30. The van der Waals surface area contributed by atoms with Gasteiger partial charge in [0.15, 0.2) is 0 Å². The topological polar surface area (TPSA) is 39.5 Å². The Morgan fingerprint density at radius 3 is 2.62 bits per heavy atom. The monoisotopic (exact) mass is 429 g/mol. The third-order valence-electron chi connectivity index (χ3n) is 6.39. The fourth-order valence-corrected chi connectivity index (χ4v) is 4.59. The molecule has 0 saturated carbocycles. The van der Waals surface area contributed by atoms with Gasteiger partial charge < -0.3 is 18.9 Å². The Kier molecular flexibility index (Phi) is 6.37. The van der Waals surface area contributed by atoms with E-state index in [0.717, 1.165) is 56.2 Å². The molecule has 1 unspecified atom stereocenters. The highest BCUT2D eigenvalue weighted by molar-refractivity contribution is 5.45. The van der Waals surface area contributed by atoms with Gasteiger partial charge in [-0.05, 0) is 61.7 Å². The summed E-state index contributed by atoms with van der Waals surface area (Å²) in [5.41, 5.74) is 3.58. The number of nitrogens with zero attached hydrogens (tertiary/aromatic N) is 3. The summed E-state index contributed by atoms with van der Waals surface area (Å²) in [5.74, 6) is 1.89. The second kappa shape index (κ2) is 9.72. The summed E-state index contributed by atoms with van der Waals surface area (Å²) in [6, 6.07) is 18.6. The number of hydrogen-bond acceptors (Lipinski definition) is 4. The van der Waals surface area contributed by atoms with Gasteiger partial charge in [-0.15, -0.1) is 0 Å². The molecule has 2 aliphatic rings. The number of rotatable bonds is 6. The Labute approximate surface area is 190 Å². The van der Waals surface area contributed by atoms with Crippen molar-refractivity contribution in [3.05, 3.63) is 89.5 Å². The maximum atomic E-state index is 6.75. The van der Waals surface area contributed by atoms with Crippen LogP contribution in [0.25, 0.3) is 6.08 Å². The molecule has 0 amide bonds. The highest BCUT2D eigenvalue weighted by atomic mass is 16.5. The first kappa shape index (κ1) is 21.0. The molecule has 5 rings (SSSR count). The zero-order valence-electron chi connectivity index (χ0n) is 18.7. The van der Waals surface area contributed by atoms with Gasteiger partial charge in [-0.3, -0.25) is 0 Å². The van der Waals surface area contributed by atoms with Crippen molar-refractivity contribution in [2.24, 2.45) is 0 Å². The number of benzene rings is 2. The lowest BCUT2D eigenvalue weighted by Gasteiger charge is -2.32. The largest absolute Gasteiger partial charge is 0.490 e. The maximum absolute atomic E-state index is 6.75. The minimum atomic E-state index is -0.121. The lowest BCUT2D eigenvalue weighted by molar-refractivity contribution is -0.0275. The number of hydrogen-bond donors (Lipinski definition) is 0. The van der Waals surface area contributed by atoms with Gasteiger partial charge in [0.25, 0.3) is 0 Å². The molecule has 1 saturated heterocycles. The summed E-state index contributed by atoms with van der Waals surface area (Å²) in [6.07, 6.45) is 9.49. The SMILES string of the molecule is CN1CCC(OC2c3ccccc3CCn3cc(C=CCOc4ccccc4)nc32)CC1. The van der Waals surface area contributed by atoms with Crippen molar-refractivity contribution >= 4 is 6.08 Å². The van der Waals surface area contributed by atoms with Crippen LogP contribution in [0, 0.1) is 0 Å². The smallest absolute Gasteiger partial charge is 0.143 e. The summed E-state index contributed by atoms with van der Waals surface area (Å²) in [6.45, 7) is 3.61. The number of likely N-dealkylation sites (tertiary alicyclic amines) is 1. The molecule has 0 bridgehead atoms. The molecule has 5 nitrogen and oxygen atoms in total. The van der Waals surface area contributed by atoms with Crippen LogP contribution in [-0.2, 0) is 17.7 Å². The minimum Gasteiger partial charge on any atom is -0.490 e. The molecule has 0 aliphatic carbocycles. The third kappa shape index (κ3) is 4.79. The van der Waals surface area contributed by atoms with Gasteiger partial charge in [0.2, 0.25) is 0 Å². The van der Waals surface area contributed by atoms with E-state index in [1.54, 1.807) is 0 Å². The molecule has 2 aromatic carbocycles. The number of aromatic nitrogens is 2. The molecule has 2 aliphatic heterocycles. The van der Waals surface area contributed by atoms with Crippen molar-refractivity contribution in [2.45, 2.75) is 38.0 Å². The van der Waals surface area contributed by atoms with Crippen LogP contribution in [0.2, 0.25) is 0 Å². The third-order valence-corrected chi connectivity index (χ3v) is 6.39. The molecular weight excluding hydrogens is 398 g/mol. The van der Waals surface area contributed by atoms with E-state index < -0.39 is 0 Å². The van der Waals surface area contributed by atoms with Crippen LogP contribution in [0.15, 0.2) is 66.9 Å². The lowest BCUT2D eigenvalue weighted by atomic mass is 10.00. The van der Waals surface area contributed by atoms with Crippen molar-refractivity contribution in [3.63, 3.8) is 0 Å². The fraction of sp³-hybridized carbons (Fsp3) is 0.370. The average molecular weight is 430 g/mol. The van der Waals surface area contributed by atoms with Crippen molar-refractivity contribution in [1.29, 1.82) is 0 Å². The molecule has 166 valence electrons. The van der Waals surface area contributed by atoms with Crippen LogP contribution >= 0.6 is 0 Å². The summed E-state index contributed by atoms with van der Waals surface area (Å²) < 4.78 is 14.8. The van der Waals surface area contributed by atoms with Crippen molar-refractivity contribution in [3.8, 4) is 5.75 Å². The normalized spacial score (nSPS) is 19.5. The van der Waals surface area contributed by atoms with Crippen LogP contribution in [0.4, 0.5) is 0 Å². The van der Waals surface area contributed by atoms with E-state index >= 15 is 0 Å². The number of imidazole rings is 1. The van der Waals surface area contributed by atoms with Gasteiger partial charge in [-0.25, -0.2) is 4.98 Å². The Bertz CT molecular complexity index is 1050. The highest BCUT2D eigenvalue weighted by Crippen LogP contribution is 2.34. The molecule has 5 heteroatoms. The van der Waals surface area contributed by atoms with Crippen molar-refractivity contribution in [2.75, 3.05) is 26.7 Å². The first-order chi connectivity index (χ1) is 15.8. The fourth-order valence-electron chi connectivity index (χ4n) is 4.59. The number of para-hydroxylation sites is 1. The molecule has 0 N–H and O–H groups in total. The Balaban J connectivity index is 1.35. The predicted molar refractivity (Wildman–Crippen MR) is 127 cm³/mol. The average Bonchev–Trinajstić information content (AvgIpc) is 3.18. The van der Waals surface area contributed by atoms with Crippen molar-refractivity contribution < 1.29 is 9.47 Å². The van der Waals surface area contributed by atoms with E-state index in [9.17, 15) is 0 Å². The quantitative estimate of drug-likeness (QED) is 0.568. The van der Waals surface area contributed by atoms with Crippen LogP contribution < -0.4 is 4.74 Å². The summed E-state index contributed by atoms with van der Waals surface area (Å²) >= 11 is 0. The van der Waals surface area contributed by atoms with E-state index in [1.807, 2.05) is 42.5 Å². The second-order valence-electron chi connectivity index (χ2n) is 8.71. The van der Waals surface area contributed by atoms with E-state index in [-0.39, 0.29) is 12.2 Å². The zero-order chi connectivity index (χ0) is 21.8. The standard InChI is InChI=1S/C27H31N3O2/c1-29-16-14-24(15-17-29)32-26-25-12-6-5-8-21(25)13-18-30-20-22(28-27(26)30)9-7-19-31-23-10-3-2-4-11-23/h2-12,20,24,26H,13-19H2,1H3. The van der Waals surface area contributed by atoms with Crippen LogP contribution in [-0.4, -0.2) is 47.3 Å². The van der Waals surface area contributed by atoms with Gasteiger partial charge in [0, 0.05) is 25.8 Å². The van der Waals surface area contributed by atoms with Gasteiger partial charge in [-0.1, -0.05) is 42.5 Å². The Morgan fingerprint density at radius 2 is 1.78 bits per heavy atom. The molecule has 0 spiro atoms. The summed E-state index contributed by atoms with van der Waals surface area (Å²) in [4.78, 5) is 7.38. The van der Waals surface area contributed by atoms with E-state index in [0.29, 0.717) is 6.61 Å². The van der Waals surface area contributed by atoms with Crippen LogP contribution in [0.3, 0.4) is 0 Å². The Hall–Kier alpha value is -2.89. The molecular formula is C27H31N3O2. The van der Waals surface area contributed by atoms with Crippen molar-refractivity contribution in [1.82, 2.24) is 14.5 Å². The van der Waals surface area contributed by atoms with Gasteiger partial charge in [0.05, 0.1) is 11.8 Å². The maximum Gasteiger partial charge on any atom is 0.143 e. The number of ether oxygens (including phenoxy) is 2. The summed E-state index contributed by atoms with van der Waals surface area (Å²) in [7, 11) is 2.18. The van der Waals surface area contributed by atoms with Gasteiger partial charge >= 0.3 is 0 Å². The molecule has 0 radical (unpaired) electrons. The van der Waals surface area contributed by atoms with Gasteiger partial charge in [-0.2, -0.15) is 0 Å². The molecule has 32 heavy (non-hydrogen) atoms. The van der Waals surface area contributed by atoms with Gasteiger partial charge in [0.1, 0.15) is 24.3 Å². The second-order valence-corrected chi connectivity index (χ2v) is 8.71. The predicted octanol–water partition coefficient (Wildman–Crippen LogP) is 4.73.